The van der Waals surface area contributed by atoms with Crippen LogP contribution < -0.4 is 0 Å². The van der Waals surface area contributed by atoms with Gasteiger partial charge in [-0.05, 0) is 107 Å². The predicted molar refractivity (Wildman–Crippen MR) is 174 cm³/mol. The highest BCUT2D eigenvalue weighted by atomic mass is 14.8. The quantitative estimate of drug-likeness (QED) is 0.217. The van der Waals surface area contributed by atoms with E-state index >= 15 is 0 Å². The fraction of sp³-hybridized carbons (Fsp3) is 0.649. The molecule has 6 unspecified atom stereocenters. The van der Waals surface area contributed by atoms with E-state index in [0.717, 1.165) is 49.9 Å². The first kappa shape index (κ1) is 33.0. The van der Waals surface area contributed by atoms with Gasteiger partial charge in [-0.1, -0.05) is 107 Å². The van der Waals surface area contributed by atoms with Crippen LogP contribution in [0, 0.1) is 0 Å². The molecule has 0 N–H and O–H groups in total. The van der Waals surface area contributed by atoms with Gasteiger partial charge in [0.25, 0.3) is 0 Å². The van der Waals surface area contributed by atoms with Crippen LogP contribution in [0.3, 0.4) is 0 Å². The minimum absolute atomic E-state index is 0.443. The number of hydrogen-bond donors (Lipinski definition) is 0. The zero-order chi connectivity index (χ0) is 29.3. The average Bonchev–Trinajstić information content (AvgIpc) is 2.97. The van der Waals surface area contributed by atoms with Crippen molar-refractivity contribution in [2.24, 2.45) is 9.98 Å². The number of benzene rings is 2. The van der Waals surface area contributed by atoms with Gasteiger partial charge in [0.15, 0.2) is 0 Å². The molecule has 2 heteroatoms. The smallest absolute Gasteiger partial charge is 0.101 e. The van der Waals surface area contributed by atoms with E-state index in [-0.39, 0.29) is 0 Å². The Balaban J connectivity index is 2.87. The molecule has 216 valence electrons. The van der Waals surface area contributed by atoms with E-state index in [0.29, 0.717) is 35.5 Å². The summed E-state index contributed by atoms with van der Waals surface area (Å²) in [4.78, 5) is 10.2. The molecule has 2 aromatic rings. The van der Waals surface area contributed by atoms with Crippen molar-refractivity contribution in [3.8, 4) is 0 Å². The maximum Gasteiger partial charge on any atom is 0.101 e. The van der Waals surface area contributed by atoms with Gasteiger partial charge in [0.1, 0.15) is 6.01 Å². The second kappa shape index (κ2) is 15.6. The van der Waals surface area contributed by atoms with Crippen molar-refractivity contribution in [3.63, 3.8) is 0 Å². The lowest BCUT2D eigenvalue weighted by atomic mass is 9.84. The Bertz CT molecular complexity index is 973. The van der Waals surface area contributed by atoms with Gasteiger partial charge in [0.05, 0.1) is 11.4 Å². The molecule has 0 amide bonds. The van der Waals surface area contributed by atoms with Crippen molar-refractivity contribution in [2.75, 3.05) is 0 Å². The van der Waals surface area contributed by atoms with E-state index in [4.69, 9.17) is 9.98 Å². The maximum atomic E-state index is 5.08. The Labute approximate surface area is 241 Å². The van der Waals surface area contributed by atoms with Crippen LogP contribution in [0.5, 0.6) is 0 Å². The van der Waals surface area contributed by atoms with Crippen LogP contribution in [-0.2, 0) is 0 Å². The lowest BCUT2D eigenvalue weighted by Gasteiger charge is -2.23. The summed E-state index contributed by atoms with van der Waals surface area (Å²) in [5.41, 5.74) is 10.5. The van der Waals surface area contributed by atoms with Gasteiger partial charge in [-0.3, -0.25) is 0 Å². The molecule has 0 saturated heterocycles. The van der Waals surface area contributed by atoms with Gasteiger partial charge in [-0.2, -0.15) is 9.98 Å². The standard InChI is InChI=1S/C37H58N2/c1-13-24(7)30-19-32(26(9)15-3)36(33(20-30)27(10)16-4)38-23-39-37-34(28(11)17-5)21-31(25(8)14-2)22-35(37)29(12)18-6/h19-22,24-29H,13-18H2,1-12H3. The summed E-state index contributed by atoms with van der Waals surface area (Å²) in [7, 11) is 0. The van der Waals surface area contributed by atoms with Crippen molar-refractivity contribution in [1.82, 2.24) is 0 Å². The largest absolute Gasteiger partial charge is 0.187 e. The normalized spacial score (nSPS) is 16.1. The number of rotatable bonds is 14. The Hall–Kier alpha value is -2.18. The zero-order valence-corrected chi connectivity index (χ0v) is 27.4. The van der Waals surface area contributed by atoms with Gasteiger partial charge in [0, 0.05) is 0 Å². The first-order valence-electron chi connectivity index (χ1n) is 16.1. The minimum Gasteiger partial charge on any atom is -0.187 e. The molecule has 2 nitrogen and oxygen atoms in total. The van der Waals surface area contributed by atoms with Crippen LogP contribution in [0.1, 0.15) is 190 Å². The zero-order valence-electron chi connectivity index (χ0n) is 27.4. The van der Waals surface area contributed by atoms with Gasteiger partial charge < -0.3 is 0 Å². The van der Waals surface area contributed by atoms with Crippen LogP contribution in [0.25, 0.3) is 0 Å². The van der Waals surface area contributed by atoms with Crippen molar-refractivity contribution in [1.29, 1.82) is 0 Å². The molecule has 0 heterocycles. The Morgan fingerprint density at radius 1 is 0.436 bits per heavy atom. The molecule has 0 aliphatic heterocycles. The van der Waals surface area contributed by atoms with Gasteiger partial charge in [-0.25, -0.2) is 0 Å². The summed E-state index contributed by atoms with van der Waals surface area (Å²) in [5.74, 6) is 2.86. The van der Waals surface area contributed by atoms with E-state index in [9.17, 15) is 0 Å². The van der Waals surface area contributed by atoms with Crippen molar-refractivity contribution < 1.29 is 0 Å². The van der Waals surface area contributed by atoms with Crippen molar-refractivity contribution >= 4 is 17.4 Å². The SMILES string of the molecule is CCC(C)c1cc(C(C)CC)c(N=C=Nc2c(C(C)CC)cc(C(C)CC)cc2C(C)CC)c(C(C)CC)c1. The topological polar surface area (TPSA) is 24.7 Å². The summed E-state index contributed by atoms with van der Waals surface area (Å²) in [5, 5.41) is 0. The molecule has 0 radical (unpaired) electrons. The highest BCUT2D eigenvalue weighted by Crippen LogP contribution is 2.42. The molecule has 39 heavy (non-hydrogen) atoms. The molecule has 0 aliphatic rings. The second-order valence-electron chi connectivity index (χ2n) is 12.3. The monoisotopic (exact) mass is 530 g/mol. The molecule has 2 aromatic carbocycles. The fourth-order valence-corrected chi connectivity index (χ4v) is 5.21. The third-order valence-corrected chi connectivity index (χ3v) is 9.64. The molecule has 0 spiro atoms. The van der Waals surface area contributed by atoms with E-state index in [2.05, 4.69) is 113 Å². The molecule has 0 aliphatic carbocycles. The summed E-state index contributed by atoms with van der Waals surface area (Å²) >= 11 is 0. The molecule has 2 rings (SSSR count). The van der Waals surface area contributed by atoms with Crippen LogP contribution >= 0.6 is 0 Å². The van der Waals surface area contributed by atoms with Crippen LogP contribution in [-0.4, -0.2) is 6.01 Å². The molecule has 0 fully saturated rings. The predicted octanol–water partition coefficient (Wildman–Crippen LogP) is 12.9. The van der Waals surface area contributed by atoms with E-state index in [1.54, 1.807) is 0 Å². The van der Waals surface area contributed by atoms with Crippen molar-refractivity contribution in [3.05, 3.63) is 57.6 Å². The Morgan fingerprint density at radius 2 is 0.667 bits per heavy atom. The van der Waals surface area contributed by atoms with E-state index in [1.807, 2.05) is 0 Å². The minimum atomic E-state index is 0.443. The third-order valence-electron chi connectivity index (χ3n) is 9.64. The summed E-state index contributed by atoms with van der Waals surface area (Å²) < 4.78 is 0. The number of nitrogens with zero attached hydrogens (tertiary/aromatic N) is 2. The molecular formula is C37H58N2. The Morgan fingerprint density at radius 3 is 0.872 bits per heavy atom. The summed E-state index contributed by atoms with van der Waals surface area (Å²) in [6.45, 7) is 27.7. The lowest BCUT2D eigenvalue weighted by molar-refractivity contribution is 0.691. The average molecular weight is 531 g/mol. The highest BCUT2D eigenvalue weighted by molar-refractivity contribution is 5.68. The first-order chi connectivity index (χ1) is 18.6. The van der Waals surface area contributed by atoms with E-state index in [1.165, 1.54) is 33.4 Å². The number of aliphatic imine (C=N–C) groups is 2. The molecule has 0 aromatic heterocycles. The molecule has 6 atom stereocenters. The molecular weight excluding hydrogens is 472 g/mol. The Kier molecular flexibility index (Phi) is 13.2. The van der Waals surface area contributed by atoms with Gasteiger partial charge >= 0.3 is 0 Å². The molecule has 0 bridgehead atoms. The molecule has 0 saturated carbocycles. The lowest BCUT2D eigenvalue weighted by Crippen LogP contribution is -2.04. The highest BCUT2D eigenvalue weighted by Gasteiger charge is 2.21. The van der Waals surface area contributed by atoms with Crippen LogP contribution in [0.15, 0.2) is 34.3 Å². The fourth-order valence-electron chi connectivity index (χ4n) is 5.21. The van der Waals surface area contributed by atoms with Crippen molar-refractivity contribution in [2.45, 2.75) is 157 Å². The summed E-state index contributed by atoms with van der Waals surface area (Å²) in [6.07, 6.45) is 6.67. The first-order valence-corrected chi connectivity index (χ1v) is 16.1. The van der Waals surface area contributed by atoms with E-state index < -0.39 is 0 Å². The van der Waals surface area contributed by atoms with Gasteiger partial charge in [-0.15, -0.1) is 0 Å². The second-order valence-corrected chi connectivity index (χ2v) is 12.3. The number of hydrogen-bond acceptors (Lipinski definition) is 2. The van der Waals surface area contributed by atoms with Gasteiger partial charge in [0.2, 0.25) is 0 Å². The summed E-state index contributed by atoms with van der Waals surface area (Å²) in [6, 6.07) is 13.0. The third kappa shape index (κ3) is 7.94. The maximum absolute atomic E-state index is 5.08. The van der Waals surface area contributed by atoms with Crippen LogP contribution in [0.2, 0.25) is 0 Å². The van der Waals surface area contributed by atoms with Crippen LogP contribution in [0.4, 0.5) is 11.4 Å².